The molecule has 1 aliphatic heterocycles. The Balaban J connectivity index is 1.71. The molecule has 2 heterocycles. The summed E-state index contributed by atoms with van der Waals surface area (Å²) < 4.78 is 0. The Morgan fingerprint density at radius 1 is 1.38 bits per heavy atom. The fourth-order valence-electron chi connectivity index (χ4n) is 2.31. The molecule has 0 bridgehead atoms. The van der Waals surface area contributed by atoms with E-state index in [-0.39, 0.29) is 18.0 Å². The minimum atomic E-state index is -0.215. The van der Waals surface area contributed by atoms with Crippen LogP contribution >= 0.6 is 0 Å². The molecule has 1 fully saturated rings. The Hall–Kier alpha value is -2.15. The maximum Gasteiger partial charge on any atom is 0.319 e. The van der Waals surface area contributed by atoms with Gasteiger partial charge in [-0.3, -0.25) is 14.7 Å². The number of aromatic nitrogens is 1. The minimum Gasteiger partial charge on any atom is -0.358 e. The summed E-state index contributed by atoms with van der Waals surface area (Å²) in [6, 6.07) is 3.49. The topological polar surface area (TPSA) is 86.4 Å². The number of likely N-dealkylation sites (tertiary alicyclic amines) is 1. The summed E-state index contributed by atoms with van der Waals surface area (Å²) in [6.07, 6.45) is 4.95. The lowest BCUT2D eigenvalue weighted by atomic mass is 10.1. The summed E-state index contributed by atoms with van der Waals surface area (Å²) in [6.45, 7) is 2.04. The molecule has 3 N–H and O–H groups in total. The smallest absolute Gasteiger partial charge is 0.319 e. The second-order valence-electron chi connectivity index (χ2n) is 5.06. The molecular formula is C14H21N5O2. The molecular weight excluding hydrogens is 270 g/mol. The number of carbonyl (C=O) groups is 2. The van der Waals surface area contributed by atoms with Crippen LogP contribution < -0.4 is 16.0 Å². The predicted molar refractivity (Wildman–Crippen MR) is 79.9 cm³/mol. The van der Waals surface area contributed by atoms with Gasteiger partial charge in [0.2, 0.25) is 5.91 Å². The van der Waals surface area contributed by atoms with Gasteiger partial charge in [0, 0.05) is 32.4 Å². The number of anilines is 1. The van der Waals surface area contributed by atoms with E-state index in [0.717, 1.165) is 25.9 Å². The number of urea groups is 1. The largest absolute Gasteiger partial charge is 0.358 e. The van der Waals surface area contributed by atoms with E-state index in [4.69, 9.17) is 0 Å². The molecule has 0 aliphatic carbocycles. The van der Waals surface area contributed by atoms with Gasteiger partial charge in [0.1, 0.15) is 0 Å². The second-order valence-corrected chi connectivity index (χ2v) is 5.06. The number of hydrogen-bond acceptors (Lipinski definition) is 4. The van der Waals surface area contributed by atoms with Crippen molar-refractivity contribution in [1.29, 1.82) is 0 Å². The van der Waals surface area contributed by atoms with Gasteiger partial charge >= 0.3 is 6.03 Å². The van der Waals surface area contributed by atoms with E-state index in [1.807, 2.05) is 0 Å². The van der Waals surface area contributed by atoms with Gasteiger partial charge in [-0.15, -0.1) is 0 Å². The quantitative estimate of drug-likeness (QED) is 0.750. The highest BCUT2D eigenvalue weighted by molar-refractivity contribution is 5.89. The highest BCUT2D eigenvalue weighted by atomic mass is 16.2. The van der Waals surface area contributed by atoms with Crippen LogP contribution in [0, 0.1) is 0 Å². The van der Waals surface area contributed by atoms with Crippen LogP contribution in [0.5, 0.6) is 0 Å². The van der Waals surface area contributed by atoms with E-state index in [1.54, 1.807) is 31.6 Å². The number of carbonyl (C=O) groups excluding carboxylic acids is 2. The summed E-state index contributed by atoms with van der Waals surface area (Å²) in [7, 11) is 1.64. The average Bonchev–Trinajstić information content (AvgIpc) is 2.50. The zero-order chi connectivity index (χ0) is 15.1. The van der Waals surface area contributed by atoms with Crippen molar-refractivity contribution in [1.82, 2.24) is 20.5 Å². The number of hydrogen-bond donors (Lipinski definition) is 3. The molecule has 0 saturated carbocycles. The number of piperidine rings is 1. The van der Waals surface area contributed by atoms with Crippen molar-refractivity contribution in [2.45, 2.75) is 18.9 Å². The van der Waals surface area contributed by atoms with Crippen LogP contribution in [0.3, 0.4) is 0 Å². The van der Waals surface area contributed by atoms with Crippen LogP contribution in [0.4, 0.5) is 10.5 Å². The number of rotatable bonds is 4. The van der Waals surface area contributed by atoms with Crippen LogP contribution in [0.2, 0.25) is 0 Å². The Labute approximate surface area is 124 Å². The van der Waals surface area contributed by atoms with Crippen molar-refractivity contribution < 1.29 is 9.59 Å². The predicted octanol–water partition coefficient (Wildman–Crippen LogP) is 0.414. The van der Waals surface area contributed by atoms with E-state index in [9.17, 15) is 9.59 Å². The number of amides is 3. The van der Waals surface area contributed by atoms with E-state index in [2.05, 4.69) is 25.8 Å². The molecule has 1 aromatic heterocycles. The Kier molecular flexibility index (Phi) is 5.51. The summed E-state index contributed by atoms with van der Waals surface area (Å²) in [5, 5.41) is 8.32. The highest BCUT2D eigenvalue weighted by Gasteiger charge is 2.21. The molecule has 1 saturated heterocycles. The fraction of sp³-hybridized carbons (Fsp3) is 0.500. The van der Waals surface area contributed by atoms with Gasteiger partial charge in [-0.05, 0) is 25.0 Å². The van der Waals surface area contributed by atoms with Crippen molar-refractivity contribution in [3.8, 4) is 0 Å². The van der Waals surface area contributed by atoms with Gasteiger partial charge in [0.15, 0.2) is 0 Å². The van der Waals surface area contributed by atoms with E-state index < -0.39 is 0 Å². The second kappa shape index (κ2) is 7.58. The van der Waals surface area contributed by atoms with Crippen LogP contribution in [-0.4, -0.2) is 54.5 Å². The zero-order valence-electron chi connectivity index (χ0n) is 12.1. The van der Waals surface area contributed by atoms with E-state index >= 15 is 0 Å². The van der Waals surface area contributed by atoms with Crippen LogP contribution in [0.1, 0.15) is 12.8 Å². The Bertz CT molecular complexity index is 472. The zero-order valence-corrected chi connectivity index (χ0v) is 12.1. The van der Waals surface area contributed by atoms with Gasteiger partial charge < -0.3 is 16.0 Å². The van der Waals surface area contributed by atoms with Crippen molar-refractivity contribution in [3.63, 3.8) is 0 Å². The van der Waals surface area contributed by atoms with Crippen molar-refractivity contribution in [2.24, 2.45) is 0 Å². The van der Waals surface area contributed by atoms with Crippen LogP contribution in [0.15, 0.2) is 24.5 Å². The Morgan fingerprint density at radius 3 is 2.76 bits per heavy atom. The molecule has 7 nitrogen and oxygen atoms in total. The molecule has 1 aromatic rings. The first-order valence-corrected chi connectivity index (χ1v) is 7.08. The molecule has 0 unspecified atom stereocenters. The monoisotopic (exact) mass is 291 g/mol. The summed E-state index contributed by atoms with van der Waals surface area (Å²) >= 11 is 0. The lowest BCUT2D eigenvalue weighted by molar-refractivity contribution is -0.122. The first kappa shape index (κ1) is 15.2. The molecule has 2 rings (SSSR count). The summed E-state index contributed by atoms with van der Waals surface area (Å²) in [4.78, 5) is 29.2. The third-order valence-electron chi connectivity index (χ3n) is 3.49. The lowest BCUT2D eigenvalue weighted by Gasteiger charge is -2.31. The van der Waals surface area contributed by atoms with Crippen molar-refractivity contribution in [3.05, 3.63) is 24.5 Å². The minimum absolute atomic E-state index is 0.0238. The third-order valence-corrected chi connectivity index (χ3v) is 3.49. The molecule has 21 heavy (non-hydrogen) atoms. The maximum atomic E-state index is 11.9. The van der Waals surface area contributed by atoms with Crippen molar-refractivity contribution >= 4 is 17.6 Å². The number of nitrogens with zero attached hydrogens (tertiary/aromatic N) is 2. The maximum absolute atomic E-state index is 11.9. The van der Waals surface area contributed by atoms with E-state index in [1.165, 1.54) is 0 Å². The third kappa shape index (κ3) is 5.03. The lowest BCUT2D eigenvalue weighted by Crippen LogP contribution is -2.48. The summed E-state index contributed by atoms with van der Waals surface area (Å²) in [5.41, 5.74) is 0.673. The fourth-order valence-corrected chi connectivity index (χ4v) is 2.31. The number of nitrogens with one attached hydrogen (secondary N) is 3. The number of likely N-dealkylation sites (N-methyl/N-ethyl adjacent to an activating group) is 1. The highest BCUT2D eigenvalue weighted by Crippen LogP contribution is 2.10. The van der Waals surface area contributed by atoms with Gasteiger partial charge in [0.05, 0.1) is 18.4 Å². The van der Waals surface area contributed by atoms with Crippen molar-refractivity contribution in [2.75, 3.05) is 32.0 Å². The van der Waals surface area contributed by atoms with Crippen LogP contribution in [0.25, 0.3) is 0 Å². The SMILES string of the molecule is CNC(=O)CN1CCC(NC(=O)Nc2cccnc2)CC1. The molecule has 1 aliphatic rings. The Morgan fingerprint density at radius 2 is 2.14 bits per heavy atom. The molecule has 0 aromatic carbocycles. The molecule has 0 atom stereocenters. The van der Waals surface area contributed by atoms with E-state index in [0.29, 0.717) is 12.2 Å². The molecule has 0 radical (unpaired) electrons. The van der Waals surface area contributed by atoms with Gasteiger partial charge in [-0.2, -0.15) is 0 Å². The molecule has 0 spiro atoms. The first-order valence-electron chi connectivity index (χ1n) is 7.08. The number of pyridine rings is 1. The van der Waals surface area contributed by atoms with Gasteiger partial charge in [-0.25, -0.2) is 4.79 Å². The standard InChI is InChI=1S/C14H21N5O2/c1-15-13(20)10-19-7-4-11(5-8-19)17-14(21)18-12-3-2-6-16-9-12/h2-3,6,9,11H,4-5,7-8,10H2,1H3,(H,15,20)(H2,17,18,21). The van der Waals surface area contributed by atoms with Crippen LogP contribution in [-0.2, 0) is 4.79 Å². The average molecular weight is 291 g/mol. The van der Waals surface area contributed by atoms with Gasteiger partial charge in [-0.1, -0.05) is 0 Å². The summed E-state index contributed by atoms with van der Waals surface area (Å²) in [5.74, 6) is 0.0238. The first-order chi connectivity index (χ1) is 10.2. The normalized spacial score (nSPS) is 16.2. The van der Waals surface area contributed by atoms with Gasteiger partial charge in [0.25, 0.3) is 0 Å². The molecule has 3 amide bonds. The molecule has 114 valence electrons. The molecule has 7 heteroatoms.